The van der Waals surface area contributed by atoms with E-state index in [-0.39, 0.29) is 17.3 Å². The number of nitrogens with zero attached hydrogens (tertiary/aromatic N) is 5. The number of piperidine rings is 1. The van der Waals surface area contributed by atoms with Crippen LogP contribution in [0, 0.1) is 18.2 Å². The second kappa shape index (κ2) is 7.77. The fourth-order valence-corrected chi connectivity index (χ4v) is 6.26. The van der Waals surface area contributed by atoms with Crippen LogP contribution in [-0.2, 0) is 9.57 Å². The molecule has 8 rings (SSSR count). The second-order valence-electron chi connectivity index (χ2n) is 11.2. The zero-order chi connectivity index (χ0) is 25.5. The Morgan fingerprint density at radius 3 is 2.66 bits per heavy atom. The summed E-state index contributed by atoms with van der Waals surface area (Å²) in [5, 5.41) is 9.74. The Balaban J connectivity index is 1.24. The molecule has 1 saturated carbocycles. The van der Waals surface area contributed by atoms with E-state index in [1.807, 2.05) is 35.9 Å². The molecule has 1 aliphatic carbocycles. The molecule has 5 heterocycles. The number of oxime groups is 1. The Kier molecular flexibility index (Phi) is 4.51. The molecule has 38 heavy (non-hydrogen) atoms. The lowest BCUT2D eigenvalue weighted by molar-refractivity contribution is -0.248. The highest BCUT2D eigenvalue weighted by Gasteiger charge is 2.60. The van der Waals surface area contributed by atoms with Crippen molar-refractivity contribution in [2.24, 2.45) is 10.6 Å². The molecular weight excluding hydrogens is 485 g/mol. The van der Waals surface area contributed by atoms with Gasteiger partial charge in [-0.1, -0.05) is 28.5 Å². The number of rotatable bonds is 3. The number of ether oxygens (including phenoxy) is 1. The molecule has 2 spiro atoms. The summed E-state index contributed by atoms with van der Waals surface area (Å²) in [5.41, 5.74) is 5.35. The van der Waals surface area contributed by atoms with Gasteiger partial charge in [-0.3, -0.25) is 0 Å². The molecule has 1 unspecified atom stereocenters. The molecule has 2 aromatic heterocycles. The number of hydrogen-bond acceptors (Lipinski definition) is 7. The first kappa shape index (κ1) is 22.0. The first-order valence-corrected chi connectivity index (χ1v) is 13.0. The van der Waals surface area contributed by atoms with Crippen LogP contribution in [0.5, 0.6) is 0 Å². The molecule has 4 aliphatic rings. The average molecular weight is 512 g/mol. The van der Waals surface area contributed by atoms with E-state index >= 15 is 0 Å². The van der Waals surface area contributed by atoms with E-state index in [4.69, 9.17) is 19.3 Å². The average Bonchev–Trinajstić information content (AvgIpc) is 3.26. The Labute approximate surface area is 218 Å². The van der Waals surface area contributed by atoms with E-state index in [9.17, 15) is 4.39 Å². The minimum absolute atomic E-state index is 0.104. The lowest BCUT2D eigenvalue weighted by Crippen LogP contribution is -2.64. The highest BCUT2D eigenvalue weighted by Crippen LogP contribution is 2.57. The van der Waals surface area contributed by atoms with E-state index in [0.717, 1.165) is 52.3 Å². The molecule has 192 valence electrons. The molecule has 8 nitrogen and oxygen atoms in total. The van der Waals surface area contributed by atoms with Crippen molar-refractivity contribution in [3.63, 3.8) is 0 Å². The van der Waals surface area contributed by atoms with Crippen molar-refractivity contribution >= 4 is 22.9 Å². The van der Waals surface area contributed by atoms with Crippen LogP contribution in [0.15, 0.2) is 70.4 Å². The predicted molar refractivity (Wildman–Crippen MR) is 138 cm³/mol. The maximum Gasteiger partial charge on any atom is 0.208 e. The quantitative estimate of drug-likeness (QED) is 0.377. The second-order valence-corrected chi connectivity index (χ2v) is 11.2. The number of amidine groups is 1. The van der Waals surface area contributed by atoms with E-state index in [0.29, 0.717) is 18.8 Å². The Morgan fingerprint density at radius 1 is 1.11 bits per heavy atom. The van der Waals surface area contributed by atoms with Gasteiger partial charge in [0.05, 0.1) is 42.5 Å². The summed E-state index contributed by atoms with van der Waals surface area (Å²) < 4.78 is 27.1. The Bertz CT molecular complexity index is 1630. The van der Waals surface area contributed by atoms with Crippen molar-refractivity contribution in [1.29, 1.82) is 0 Å². The van der Waals surface area contributed by atoms with Gasteiger partial charge in [-0.2, -0.15) is 0 Å². The van der Waals surface area contributed by atoms with Gasteiger partial charge in [-0.15, -0.1) is 0 Å². The van der Waals surface area contributed by atoms with E-state index in [1.165, 1.54) is 25.0 Å². The van der Waals surface area contributed by atoms with E-state index in [2.05, 4.69) is 27.2 Å². The molecule has 0 radical (unpaired) electrons. The number of aromatic nitrogens is 3. The third-order valence-corrected chi connectivity index (χ3v) is 8.44. The van der Waals surface area contributed by atoms with Gasteiger partial charge in [0.25, 0.3) is 0 Å². The summed E-state index contributed by atoms with van der Waals surface area (Å²) in [7, 11) is 0. The summed E-state index contributed by atoms with van der Waals surface area (Å²) >= 11 is 0. The van der Waals surface area contributed by atoms with Crippen LogP contribution in [0.1, 0.15) is 42.1 Å². The van der Waals surface area contributed by atoms with Crippen LogP contribution >= 0.6 is 0 Å². The van der Waals surface area contributed by atoms with E-state index in [1.54, 1.807) is 12.5 Å². The highest BCUT2D eigenvalue weighted by molar-refractivity contribution is 6.05. The van der Waals surface area contributed by atoms with Crippen LogP contribution < -0.4 is 0 Å². The number of aryl methyl sites for hydroxylation is 1. The highest BCUT2D eigenvalue weighted by atomic mass is 19.1. The summed E-state index contributed by atoms with van der Waals surface area (Å²) in [6, 6.07) is 10.8. The van der Waals surface area contributed by atoms with Crippen molar-refractivity contribution in [2.45, 2.75) is 37.8 Å². The molecule has 2 saturated heterocycles. The first-order chi connectivity index (χ1) is 18.5. The Hall–Kier alpha value is -3.98. The van der Waals surface area contributed by atoms with Gasteiger partial charge in [-0.05, 0) is 72.6 Å². The van der Waals surface area contributed by atoms with Crippen LogP contribution in [0.25, 0.3) is 22.7 Å². The molecule has 1 atom stereocenters. The van der Waals surface area contributed by atoms with Crippen molar-refractivity contribution < 1.29 is 18.5 Å². The van der Waals surface area contributed by atoms with Gasteiger partial charge in [0.1, 0.15) is 11.9 Å². The Morgan fingerprint density at radius 2 is 1.95 bits per heavy atom. The summed E-state index contributed by atoms with van der Waals surface area (Å²) in [6.45, 7) is 3.79. The summed E-state index contributed by atoms with van der Waals surface area (Å²) in [4.78, 5) is 13.0. The SMILES string of the molecule is Cc1cn(-c2ccc(/C=C3\CC4(CC4)CN4C3=NOC3(COC3)C4c3ccc(F)cc3)c3cnoc23)cn1. The molecule has 0 amide bonds. The molecule has 0 N–H and O–H groups in total. The fraction of sp³-hybridized carbons (Fsp3) is 0.345. The predicted octanol–water partition coefficient (Wildman–Crippen LogP) is 5.18. The van der Waals surface area contributed by atoms with Crippen LogP contribution in [0.2, 0.25) is 0 Å². The third kappa shape index (κ3) is 3.27. The number of hydrogen-bond donors (Lipinski definition) is 0. The molecule has 3 aliphatic heterocycles. The van der Waals surface area contributed by atoms with Gasteiger partial charge in [-0.25, -0.2) is 9.37 Å². The molecule has 4 aromatic rings. The van der Waals surface area contributed by atoms with Crippen molar-refractivity contribution in [2.75, 3.05) is 19.8 Å². The zero-order valence-electron chi connectivity index (χ0n) is 20.9. The lowest BCUT2D eigenvalue weighted by Gasteiger charge is -2.54. The number of benzene rings is 2. The van der Waals surface area contributed by atoms with Gasteiger partial charge >= 0.3 is 0 Å². The van der Waals surface area contributed by atoms with Gasteiger partial charge in [0.15, 0.2) is 11.4 Å². The molecule has 2 aromatic carbocycles. The van der Waals surface area contributed by atoms with Crippen LogP contribution in [-0.4, -0.2) is 50.8 Å². The summed E-state index contributed by atoms with van der Waals surface area (Å²) in [6.07, 6.45) is 11.0. The number of fused-ring (bicyclic) bond motifs is 2. The third-order valence-electron chi connectivity index (χ3n) is 8.44. The van der Waals surface area contributed by atoms with Crippen molar-refractivity contribution in [3.8, 4) is 5.69 Å². The monoisotopic (exact) mass is 511 g/mol. The lowest BCUT2D eigenvalue weighted by atomic mass is 9.80. The molecular formula is C29H26FN5O3. The minimum Gasteiger partial charge on any atom is -0.380 e. The summed E-state index contributed by atoms with van der Waals surface area (Å²) in [5.74, 6) is 0.594. The van der Waals surface area contributed by atoms with E-state index < -0.39 is 5.60 Å². The van der Waals surface area contributed by atoms with Crippen LogP contribution in [0.4, 0.5) is 4.39 Å². The van der Waals surface area contributed by atoms with Crippen molar-refractivity contribution in [3.05, 3.63) is 83.3 Å². The standard InChI is InChI=1S/C29H26FN5O3/c1-18-13-34(17-31-18)24-7-4-20(23-12-32-37-25(23)24)10-21-11-28(8-9-28)14-35-26(19-2-5-22(30)6-3-19)29(15-36-16-29)38-33-27(21)35/h2-7,10,12-13,17,26H,8-9,11,14-16H2,1H3/b21-10+. The smallest absolute Gasteiger partial charge is 0.208 e. The largest absolute Gasteiger partial charge is 0.380 e. The van der Waals surface area contributed by atoms with Gasteiger partial charge < -0.3 is 23.6 Å². The van der Waals surface area contributed by atoms with Crippen molar-refractivity contribution in [1.82, 2.24) is 19.6 Å². The minimum atomic E-state index is -0.563. The normalized spacial score (nSPS) is 23.8. The van der Waals surface area contributed by atoms with Gasteiger partial charge in [0.2, 0.25) is 5.60 Å². The molecule has 3 fully saturated rings. The first-order valence-electron chi connectivity index (χ1n) is 13.0. The maximum atomic E-state index is 13.8. The topological polar surface area (TPSA) is 77.9 Å². The number of halogens is 1. The maximum absolute atomic E-state index is 13.8. The fourth-order valence-electron chi connectivity index (χ4n) is 6.26. The molecule has 9 heteroatoms. The van der Waals surface area contributed by atoms with Gasteiger partial charge in [0, 0.05) is 12.7 Å². The number of imidazole rings is 1. The zero-order valence-corrected chi connectivity index (χ0v) is 20.9. The van der Waals surface area contributed by atoms with Crippen LogP contribution in [0.3, 0.4) is 0 Å². The molecule has 0 bridgehead atoms.